The molecule has 0 atom stereocenters. The minimum atomic E-state index is -1.75. The zero-order chi connectivity index (χ0) is 39.6. The van der Waals surface area contributed by atoms with Crippen molar-refractivity contribution >= 4 is 23.3 Å². The van der Waals surface area contributed by atoms with Crippen LogP contribution < -0.4 is 0 Å². The van der Waals surface area contributed by atoms with E-state index in [9.17, 15) is 0 Å². The van der Waals surface area contributed by atoms with E-state index in [1.165, 1.54) is 0 Å². The molecule has 0 heterocycles. The van der Waals surface area contributed by atoms with E-state index in [1.807, 2.05) is 121 Å². The SMILES string of the molecule is CN=C([N-]C)c1ccccc1.CN=C([N-]C)c1ccccc1.CN=C([N-]C)c1ccccc1.CN=C([N-]C)c1ccccc1.O=[N+]([O-])[O-].O=[N+]([O-])[O-].[Re].[Re]. The molecular formula is C36H44N10O6Re2-6. The molecule has 0 amide bonds. The third kappa shape index (κ3) is 28.1. The average molecular weight is 1090 g/mol. The van der Waals surface area contributed by atoms with Gasteiger partial charge in [-0.15, -0.1) is 0 Å². The Bertz CT molecular complexity index is 1390. The Hall–Kier alpha value is -5.52. The molecule has 0 N–H and O–H groups in total. The van der Waals surface area contributed by atoms with Crippen molar-refractivity contribution in [2.75, 3.05) is 56.4 Å². The number of rotatable bonds is 4. The van der Waals surface area contributed by atoms with E-state index >= 15 is 0 Å². The largest absolute Gasteiger partial charge is 0.469 e. The molecule has 54 heavy (non-hydrogen) atoms. The summed E-state index contributed by atoms with van der Waals surface area (Å²) in [5.74, 6) is 3.19. The third-order valence-electron chi connectivity index (χ3n) is 5.82. The van der Waals surface area contributed by atoms with Gasteiger partial charge in [0, 0.05) is 40.8 Å². The van der Waals surface area contributed by atoms with Crippen LogP contribution in [0.4, 0.5) is 0 Å². The van der Waals surface area contributed by atoms with Crippen LogP contribution in [0.5, 0.6) is 0 Å². The van der Waals surface area contributed by atoms with E-state index in [0.29, 0.717) is 0 Å². The summed E-state index contributed by atoms with van der Waals surface area (Å²) in [7, 11) is 14.0. The van der Waals surface area contributed by atoms with Gasteiger partial charge in [0.05, 0.1) is 10.2 Å². The molecule has 0 spiro atoms. The molecule has 0 aromatic heterocycles. The Balaban J connectivity index is -0.000000286. The smallest absolute Gasteiger partial charge is 0.0689 e. The average Bonchev–Trinajstić information content (AvgIpc) is 3.16. The summed E-state index contributed by atoms with van der Waals surface area (Å²) in [6.45, 7) is 0. The molecule has 2 radical (unpaired) electrons. The molecule has 4 rings (SSSR count). The van der Waals surface area contributed by atoms with Crippen LogP contribution >= 0.6 is 0 Å². The normalized spacial score (nSPS) is 10.1. The van der Waals surface area contributed by atoms with E-state index in [0.717, 1.165) is 45.6 Å². The van der Waals surface area contributed by atoms with Gasteiger partial charge in [-0.3, -0.25) is 0 Å². The number of aliphatic imine (C=N–C) groups is 4. The maximum Gasteiger partial charge on any atom is 0.0689 e. The van der Waals surface area contributed by atoms with E-state index in [4.69, 9.17) is 30.6 Å². The molecule has 16 nitrogen and oxygen atoms in total. The molecule has 0 fully saturated rings. The van der Waals surface area contributed by atoms with Gasteiger partial charge < -0.3 is 71.9 Å². The van der Waals surface area contributed by atoms with Crippen molar-refractivity contribution in [3.05, 3.63) is 195 Å². The summed E-state index contributed by atoms with van der Waals surface area (Å²) >= 11 is 0. The molecule has 0 saturated carbocycles. The molecule has 0 aliphatic rings. The van der Waals surface area contributed by atoms with Crippen molar-refractivity contribution in [1.29, 1.82) is 0 Å². The fourth-order valence-corrected chi connectivity index (χ4v) is 3.78. The zero-order valence-corrected chi connectivity index (χ0v) is 36.7. The molecule has 0 saturated heterocycles. The number of hydrogen-bond donors (Lipinski definition) is 0. The van der Waals surface area contributed by atoms with Crippen LogP contribution in [0.3, 0.4) is 0 Å². The fraction of sp³-hybridized carbons (Fsp3) is 0.222. The number of nitrogens with zero attached hydrogens (tertiary/aromatic N) is 10. The van der Waals surface area contributed by atoms with Crippen LogP contribution in [0.2, 0.25) is 0 Å². The van der Waals surface area contributed by atoms with Crippen molar-refractivity contribution < 1.29 is 51.0 Å². The summed E-state index contributed by atoms with van der Waals surface area (Å²) < 4.78 is 0. The molecule has 18 heteroatoms. The maximum absolute atomic E-state index is 8.25. The minimum absolute atomic E-state index is 0. The van der Waals surface area contributed by atoms with Gasteiger partial charge in [0.1, 0.15) is 0 Å². The second kappa shape index (κ2) is 37.2. The van der Waals surface area contributed by atoms with Gasteiger partial charge in [0.15, 0.2) is 0 Å². The van der Waals surface area contributed by atoms with Crippen LogP contribution in [0.15, 0.2) is 141 Å². The molecule has 294 valence electrons. The summed E-state index contributed by atoms with van der Waals surface area (Å²) in [6.07, 6.45) is 0. The van der Waals surface area contributed by atoms with E-state index in [-0.39, 0.29) is 40.8 Å². The number of hydrogen-bond acceptors (Lipinski definition) is 10. The topological polar surface area (TPSA) is 238 Å². The van der Waals surface area contributed by atoms with Gasteiger partial charge in [0.2, 0.25) is 0 Å². The molecule has 4 aromatic carbocycles. The summed E-state index contributed by atoms with van der Waals surface area (Å²) in [4.78, 5) is 32.6. The first-order chi connectivity index (χ1) is 25.0. The van der Waals surface area contributed by atoms with Gasteiger partial charge in [0.25, 0.3) is 0 Å². The monoisotopic (exact) mass is 1090 g/mol. The second-order valence-corrected chi connectivity index (χ2v) is 8.99. The summed E-state index contributed by atoms with van der Waals surface area (Å²) in [5, 5.41) is 45.6. The zero-order valence-electron chi connectivity index (χ0n) is 31.2. The van der Waals surface area contributed by atoms with Crippen molar-refractivity contribution in [1.82, 2.24) is 0 Å². The molecule has 0 unspecified atom stereocenters. The second-order valence-electron chi connectivity index (χ2n) is 8.99. The van der Waals surface area contributed by atoms with Gasteiger partial charge in [-0.2, -0.15) is 0 Å². The van der Waals surface area contributed by atoms with Crippen LogP contribution in [-0.2, 0) is 40.8 Å². The van der Waals surface area contributed by atoms with Crippen LogP contribution in [-0.4, -0.2) is 89.9 Å². The predicted molar refractivity (Wildman–Crippen MR) is 213 cm³/mol. The molecular weight excluding hydrogens is 1040 g/mol. The number of benzene rings is 4. The Labute approximate surface area is 344 Å². The van der Waals surface area contributed by atoms with Crippen molar-refractivity contribution in [2.45, 2.75) is 0 Å². The predicted octanol–water partition coefficient (Wildman–Crippen LogP) is 7.78. The molecule has 4 aromatic rings. The third-order valence-corrected chi connectivity index (χ3v) is 5.82. The standard InChI is InChI=1S/4C9H11N2.2NO3.2Re/c4*1-10-9(11-2)8-6-4-3-5-7-8;2*2-1(3)4;;/h4*3-7H,1-2H3;;;;/q6*-1;;. The molecule has 0 bridgehead atoms. The fourth-order valence-electron chi connectivity index (χ4n) is 3.78. The first kappa shape index (κ1) is 55.2. The first-order valence-corrected chi connectivity index (χ1v) is 15.1. The maximum atomic E-state index is 8.25. The van der Waals surface area contributed by atoms with Crippen molar-refractivity contribution in [3.8, 4) is 0 Å². The number of amidine groups is 4. The molecule has 0 aliphatic carbocycles. The Morgan fingerprint density at radius 2 is 0.519 bits per heavy atom. The first-order valence-electron chi connectivity index (χ1n) is 15.1. The van der Waals surface area contributed by atoms with Crippen molar-refractivity contribution in [2.24, 2.45) is 20.0 Å². The van der Waals surface area contributed by atoms with Gasteiger partial charge >= 0.3 is 0 Å². The van der Waals surface area contributed by atoms with Crippen molar-refractivity contribution in [3.63, 3.8) is 0 Å². The van der Waals surface area contributed by atoms with Crippen LogP contribution in [0, 0.1) is 30.6 Å². The van der Waals surface area contributed by atoms with Crippen LogP contribution in [0.25, 0.3) is 21.3 Å². The summed E-state index contributed by atoms with van der Waals surface area (Å²) in [6, 6.07) is 39.7. The van der Waals surface area contributed by atoms with E-state index < -0.39 is 10.2 Å². The van der Waals surface area contributed by atoms with E-state index in [1.54, 1.807) is 56.4 Å². The minimum Gasteiger partial charge on any atom is -0.469 e. The quantitative estimate of drug-likeness (QED) is 0.0855. The van der Waals surface area contributed by atoms with Gasteiger partial charge in [-0.25, -0.2) is 0 Å². The molecule has 0 aliphatic heterocycles. The Morgan fingerprint density at radius 3 is 0.611 bits per heavy atom. The Morgan fingerprint density at radius 1 is 0.389 bits per heavy atom. The Kier molecular flexibility index (Phi) is 38.1. The summed E-state index contributed by atoms with van der Waals surface area (Å²) in [5.41, 5.74) is 4.27. The van der Waals surface area contributed by atoms with E-state index in [2.05, 4.69) is 41.2 Å². The van der Waals surface area contributed by atoms with Gasteiger partial charge in [-0.05, 0) is 22.3 Å². The van der Waals surface area contributed by atoms with Gasteiger partial charge in [-0.1, -0.05) is 201 Å². The van der Waals surface area contributed by atoms with Crippen LogP contribution in [0.1, 0.15) is 22.3 Å².